The smallest absolute Gasteiger partial charge is 0.137 e. The number of hydrogen-bond acceptors (Lipinski definition) is 3. The van der Waals surface area contributed by atoms with Crippen molar-refractivity contribution in [1.82, 2.24) is 20.5 Å². The van der Waals surface area contributed by atoms with E-state index in [1.807, 2.05) is 18.2 Å². The van der Waals surface area contributed by atoms with E-state index >= 15 is 0 Å². The van der Waals surface area contributed by atoms with Gasteiger partial charge in [-0.25, -0.2) is 4.98 Å². The van der Waals surface area contributed by atoms with Crippen molar-refractivity contribution in [2.24, 2.45) is 0 Å². The average molecular weight is 251 g/mol. The molecule has 0 aliphatic rings. The molecule has 0 unspecified atom stereocenters. The van der Waals surface area contributed by atoms with E-state index < -0.39 is 0 Å². The number of aryl methyl sites for hydroxylation is 1. The van der Waals surface area contributed by atoms with Gasteiger partial charge in [-0.1, -0.05) is 23.7 Å². The van der Waals surface area contributed by atoms with Gasteiger partial charge in [0.25, 0.3) is 0 Å². The molecule has 0 atom stereocenters. The lowest BCUT2D eigenvalue weighted by Crippen LogP contribution is -2.15. The predicted molar refractivity (Wildman–Crippen MR) is 67.9 cm³/mol. The van der Waals surface area contributed by atoms with Gasteiger partial charge in [0.2, 0.25) is 0 Å². The van der Waals surface area contributed by atoms with Gasteiger partial charge in [-0.05, 0) is 30.7 Å². The van der Waals surface area contributed by atoms with Crippen molar-refractivity contribution in [3.8, 4) is 0 Å². The van der Waals surface area contributed by atoms with Crippen LogP contribution in [0.2, 0.25) is 5.02 Å². The summed E-state index contributed by atoms with van der Waals surface area (Å²) in [5, 5.41) is 10.8. The van der Waals surface area contributed by atoms with Gasteiger partial charge in [-0.15, -0.1) is 0 Å². The fourth-order valence-corrected chi connectivity index (χ4v) is 1.82. The first-order chi connectivity index (χ1) is 8.34. The molecule has 0 amide bonds. The number of benzene rings is 1. The van der Waals surface area contributed by atoms with Crippen molar-refractivity contribution in [3.05, 3.63) is 47.0 Å². The minimum atomic E-state index is 0.783. The first kappa shape index (κ1) is 12.1. The van der Waals surface area contributed by atoms with Crippen molar-refractivity contribution in [2.45, 2.75) is 19.4 Å². The molecule has 0 aliphatic heterocycles. The Labute approximate surface area is 105 Å². The lowest BCUT2D eigenvalue weighted by Gasteiger charge is -2.04. The summed E-state index contributed by atoms with van der Waals surface area (Å²) >= 11 is 5.91. The maximum atomic E-state index is 5.91. The molecule has 17 heavy (non-hydrogen) atoms. The van der Waals surface area contributed by atoms with Crippen molar-refractivity contribution in [2.75, 3.05) is 6.54 Å². The highest BCUT2D eigenvalue weighted by molar-refractivity contribution is 6.30. The predicted octanol–water partition coefficient (Wildman–Crippen LogP) is 2.18. The normalized spacial score (nSPS) is 10.6. The van der Waals surface area contributed by atoms with Gasteiger partial charge in [0.05, 0.1) is 0 Å². The van der Waals surface area contributed by atoms with Crippen LogP contribution in [0.25, 0.3) is 0 Å². The molecule has 0 spiro atoms. The SMILES string of the molecule is Clc1cccc(CNCCCc2ncn[nH]2)c1. The lowest BCUT2D eigenvalue weighted by atomic mass is 10.2. The third-order valence-corrected chi connectivity index (χ3v) is 2.69. The Bertz CT molecular complexity index is 442. The van der Waals surface area contributed by atoms with E-state index in [1.54, 1.807) is 0 Å². The molecule has 4 nitrogen and oxygen atoms in total. The molecule has 0 fully saturated rings. The van der Waals surface area contributed by atoms with Crippen LogP contribution in [0.4, 0.5) is 0 Å². The van der Waals surface area contributed by atoms with Gasteiger partial charge in [-0.3, -0.25) is 5.10 Å². The molecule has 0 radical (unpaired) electrons. The summed E-state index contributed by atoms with van der Waals surface area (Å²) in [6, 6.07) is 7.89. The Hall–Kier alpha value is -1.39. The van der Waals surface area contributed by atoms with Crippen molar-refractivity contribution in [3.63, 3.8) is 0 Å². The second-order valence-corrected chi connectivity index (χ2v) is 4.28. The number of aromatic nitrogens is 3. The molecule has 0 bridgehead atoms. The maximum absolute atomic E-state index is 5.91. The van der Waals surface area contributed by atoms with Crippen LogP contribution in [-0.4, -0.2) is 21.7 Å². The topological polar surface area (TPSA) is 53.6 Å². The number of rotatable bonds is 6. The van der Waals surface area contributed by atoms with Crippen LogP contribution in [-0.2, 0) is 13.0 Å². The van der Waals surface area contributed by atoms with Crippen LogP contribution in [0.15, 0.2) is 30.6 Å². The van der Waals surface area contributed by atoms with E-state index in [0.717, 1.165) is 36.8 Å². The van der Waals surface area contributed by atoms with E-state index in [2.05, 4.69) is 26.6 Å². The van der Waals surface area contributed by atoms with Gasteiger partial charge >= 0.3 is 0 Å². The van der Waals surface area contributed by atoms with Crippen LogP contribution >= 0.6 is 11.6 Å². The molecule has 2 N–H and O–H groups in total. The number of halogens is 1. The molecule has 5 heteroatoms. The van der Waals surface area contributed by atoms with E-state index in [1.165, 1.54) is 11.9 Å². The standard InChI is InChI=1S/C12H15ClN4/c13-11-4-1-3-10(7-11)8-14-6-2-5-12-15-9-16-17-12/h1,3-4,7,9,14H,2,5-6,8H2,(H,15,16,17). The quantitative estimate of drug-likeness (QED) is 0.773. The molecular weight excluding hydrogens is 236 g/mol. The number of nitrogens with zero attached hydrogens (tertiary/aromatic N) is 2. The molecule has 2 rings (SSSR count). The highest BCUT2D eigenvalue weighted by Crippen LogP contribution is 2.10. The van der Waals surface area contributed by atoms with Gasteiger partial charge in [0.15, 0.2) is 0 Å². The Balaban J connectivity index is 1.63. The molecule has 0 saturated carbocycles. The molecule has 0 saturated heterocycles. The number of nitrogens with one attached hydrogen (secondary N) is 2. The van der Waals surface area contributed by atoms with Crippen LogP contribution in [0.3, 0.4) is 0 Å². The lowest BCUT2D eigenvalue weighted by molar-refractivity contribution is 0.639. The van der Waals surface area contributed by atoms with Gasteiger partial charge in [0.1, 0.15) is 12.2 Å². The minimum absolute atomic E-state index is 0.783. The Morgan fingerprint density at radius 2 is 2.29 bits per heavy atom. The number of H-pyrrole nitrogens is 1. The highest BCUT2D eigenvalue weighted by Gasteiger charge is 1.96. The summed E-state index contributed by atoms with van der Waals surface area (Å²) in [5.74, 6) is 0.939. The zero-order valence-corrected chi connectivity index (χ0v) is 10.2. The van der Waals surface area contributed by atoms with Crippen molar-refractivity contribution < 1.29 is 0 Å². The van der Waals surface area contributed by atoms with Crippen molar-refractivity contribution >= 4 is 11.6 Å². The zero-order valence-electron chi connectivity index (χ0n) is 9.49. The maximum Gasteiger partial charge on any atom is 0.137 e. The van der Waals surface area contributed by atoms with E-state index in [-0.39, 0.29) is 0 Å². The van der Waals surface area contributed by atoms with Gasteiger partial charge in [-0.2, -0.15) is 5.10 Å². The molecule has 90 valence electrons. The molecule has 1 aromatic carbocycles. The third kappa shape index (κ3) is 4.17. The highest BCUT2D eigenvalue weighted by atomic mass is 35.5. The van der Waals surface area contributed by atoms with E-state index in [4.69, 9.17) is 11.6 Å². The summed E-state index contributed by atoms with van der Waals surface area (Å²) in [7, 11) is 0. The largest absolute Gasteiger partial charge is 0.313 e. The van der Waals surface area contributed by atoms with Gasteiger partial charge in [0, 0.05) is 18.0 Å². The summed E-state index contributed by atoms with van der Waals surface area (Å²) in [6.45, 7) is 1.80. The molecule has 0 aliphatic carbocycles. The second-order valence-electron chi connectivity index (χ2n) is 3.84. The molecule has 1 heterocycles. The molecule has 2 aromatic rings. The Kier molecular flexibility index (Phi) is 4.53. The van der Waals surface area contributed by atoms with Gasteiger partial charge < -0.3 is 5.32 Å². The summed E-state index contributed by atoms with van der Waals surface area (Å²) in [4.78, 5) is 4.07. The Morgan fingerprint density at radius 1 is 1.35 bits per heavy atom. The summed E-state index contributed by atoms with van der Waals surface area (Å²) < 4.78 is 0. The van der Waals surface area contributed by atoms with E-state index in [9.17, 15) is 0 Å². The zero-order chi connectivity index (χ0) is 11.9. The van der Waals surface area contributed by atoms with Crippen LogP contribution in [0.5, 0.6) is 0 Å². The van der Waals surface area contributed by atoms with Crippen LogP contribution < -0.4 is 5.32 Å². The fraction of sp³-hybridized carbons (Fsp3) is 0.333. The summed E-state index contributed by atoms with van der Waals surface area (Å²) in [6.07, 6.45) is 3.49. The molecular formula is C12H15ClN4. The monoisotopic (exact) mass is 250 g/mol. The average Bonchev–Trinajstić information content (AvgIpc) is 2.82. The number of hydrogen-bond donors (Lipinski definition) is 2. The van der Waals surface area contributed by atoms with Crippen molar-refractivity contribution in [1.29, 1.82) is 0 Å². The first-order valence-electron chi connectivity index (χ1n) is 5.64. The van der Waals surface area contributed by atoms with Crippen LogP contribution in [0, 0.1) is 0 Å². The molecule has 1 aromatic heterocycles. The fourth-order valence-electron chi connectivity index (χ4n) is 1.61. The Morgan fingerprint density at radius 3 is 3.06 bits per heavy atom. The van der Waals surface area contributed by atoms with Crippen LogP contribution in [0.1, 0.15) is 17.8 Å². The summed E-state index contributed by atoms with van der Waals surface area (Å²) in [5.41, 5.74) is 1.21. The third-order valence-electron chi connectivity index (χ3n) is 2.45. The first-order valence-corrected chi connectivity index (χ1v) is 6.02. The van der Waals surface area contributed by atoms with E-state index in [0.29, 0.717) is 0 Å². The minimum Gasteiger partial charge on any atom is -0.313 e. The number of aromatic amines is 1. The second kappa shape index (κ2) is 6.37.